The Bertz CT molecular complexity index is 902. The van der Waals surface area contributed by atoms with Crippen molar-refractivity contribution in [1.29, 1.82) is 0 Å². The van der Waals surface area contributed by atoms with Gasteiger partial charge in [-0.2, -0.15) is 4.98 Å². The van der Waals surface area contributed by atoms with Crippen molar-refractivity contribution in [3.8, 4) is 11.5 Å². The molecule has 1 aromatic carbocycles. The Hall–Kier alpha value is -2.74. The molecule has 4 aromatic rings. The highest BCUT2D eigenvalue weighted by molar-refractivity contribution is 7.99. The average Bonchev–Trinajstić information content (AvgIpc) is 3.22. The molecule has 3 heterocycles. The molecule has 0 bridgehead atoms. The molecule has 0 radical (unpaired) electrons. The number of benzene rings is 1. The van der Waals surface area contributed by atoms with Gasteiger partial charge in [0.05, 0.1) is 5.25 Å². The molecule has 0 unspecified atom stereocenters. The Morgan fingerprint density at radius 1 is 1.13 bits per heavy atom. The molecule has 0 saturated carbocycles. The number of thioether (sulfide) groups is 1. The molecule has 4 rings (SSSR count). The highest BCUT2D eigenvalue weighted by Gasteiger charge is 2.18. The summed E-state index contributed by atoms with van der Waals surface area (Å²) in [5.41, 5.74) is 0.901. The molecule has 23 heavy (non-hydrogen) atoms. The third-order valence-electron chi connectivity index (χ3n) is 3.19. The number of aromatic nitrogens is 6. The van der Waals surface area contributed by atoms with E-state index in [0.29, 0.717) is 22.7 Å². The van der Waals surface area contributed by atoms with E-state index in [2.05, 4.69) is 25.3 Å². The zero-order valence-corrected chi connectivity index (χ0v) is 13.0. The van der Waals surface area contributed by atoms with E-state index in [4.69, 9.17) is 4.42 Å². The second-order valence-electron chi connectivity index (χ2n) is 4.83. The van der Waals surface area contributed by atoms with Crippen LogP contribution in [0.3, 0.4) is 0 Å². The maximum absolute atomic E-state index is 5.76. The first-order chi connectivity index (χ1) is 11.3. The molecular formula is C15H12N6OS. The predicted molar refractivity (Wildman–Crippen MR) is 84.8 cm³/mol. The van der Waals surface area contributed by atoms with Gasteiger partial charge in [-0.05, 0) is 25.1 Å². The topological polar surface area (TPSA) is 82.0 Å². The number of hydrogen-bond acceptors (Lipinski definition) is 7. The summed E-state index contributed by atoms with van der Waals surface area (Å²) in [6.45, 7) is 1.98. The number of hydrogen-bond donors (Lipinski definition) is 0. The SMILES string of the molecule is C[C@@H](Sc1nc2ncccn2n1)c1nnc(-c2ccccc2)o1. The van der Waals surface area contributed by atoms with Gasteiger partial charge in [0.1, 0.15) is 0 Å². The second-order valence-corrected chi connectivity index (χ2v) is 6.14. The maximum atomic E-state index is 5.76. The van der Waals surface area contributed by atoms with Crippen LogP contribution in [0.1, 0.15) is 18.1 Å². The van der Waals surface area contributed by atoms with Crippen molar-refractivity contribution in [2.45, 2.75) is 17.3 Å². The molecule has 0 saturated heterocycles. The lowest BCUT2D eigenvalue weighted by Gasteiger charge is -2.01. The normalized spacial score (nSPS) is 12.6. The summed E-state index contributed by atoms with van der Waals surface area (Å²) < 4.78 is 7.39. The molecule has 0 aliphatic rings. The van der Waals surface area contributed by atoms with Gasteiger partial charge < -0.3 is 4.42 Å². The molecule has 0 aliphatic heterocycles. The van der Waals surface area contributed by atoms with Crippen LogP contribution in [0.4, 0.5) is 0 Å². The molecule has 7 nitrogen and oxygen atoms in total. The monoisotopic (exact) mass is 324 g/mol. The molecule has 3 aromatic heterocycles. The van der Waals surface area contributed by atoms with E-state index in [1.807, 2.05) is 49.5 Å². The zero-order valence-electron chi connectivity index (χ0n) is 12.2. The fourth-order valence-corrected chi connectivity index (χ4v) is 2.85. The third-order valence-corrected chi connectivity index (χ3v) is 4.13. The van der Waals surface area contributed by atoms with Crippen LogP contribution in [0.2, 0.25) is 0 Å². The van der Waals surface area contributed by atoms with Crippen molar-refractivity contribution in [2.24, 2.45) is 0 Å². The Morgan fingerprint density at radius 2 is 2.00 bits per heavy atom. The zero-order chi connectivity index (χ0) is 15.6. The third kappa shape index (κ3) is 2.80. The summed E-state index contributed by atoms with van der Waals surface area (Å²) in [5, 5.41) is 13.2. The van der Waals surface area contributed by atoms with Crippen LogP contribution in [0.15, 0.2) is 58.4 Å². The Labute approximate surface area is 135 Å². The van der Waals surface area contributed by atoms with E-state index >= 15 is 0 Å². The quantitative estimate of drug-likeness (QED) is 0.534. The minimum Gasteiger partial charge on any atom is -0.419 e. The molecule has 1 atom stereocenters. The van der Waals surface area contributed by atoms with Gasteiger partial charge in [0, 0.05) is 18.0 Å². The Morgan fingerprint density at radius 3 is 2.83 bits per heavy atom. The van der Waals surface area contributed by atoms with Gasteiger partial charge in [0.25, 0.3) is 5.78 Å². The van der Waals surface area contributed by atoms with Crippen molar-refractivity contribution in [3.63, 3.8) is 0 Å². The van der Waals surface area contributed by atoms with Crippen molar-refractivity contribution >= 4 is 17.5 Å². The van der Waals surface area contributed by atoms with Gasteiger partial charge in [-0.3, -0.25) is 0 Å². The van der Waals surface area contributed by atoms with Crippen LogP contribution < -0.4 is 0 Å². The lowest BCUT2D eigenvalue weighted by Crippen LogP contribution is -1.90. The van der Waals surface area contributed by atoms with E-state index in [1.54, 1.807) is 10.7 Å². The van der Waals surface area contributed by atoms with E-state index in [-0.39, 0.29) is 5.25 Å². The molecule has 0 N–H and O–H groups in total. The van der Waals surface area contributed by atoms with Crippen LogP contribution in [-0.2, 0) is 0 Å². The first-order valence-electron chi connectivity index (χ1n) is 7.02. The largest absolute Gasteiger partial charge is 0.419 e. The van der Waals surface area contributed by atoms with Crippen LogP contribution in [0, 0.1) is 0 Å². The van der Waals surface area contributed by atoms with E-state index in [9.17, 15) is 0 Å². The van der Waals surface area contributed by atoms with Gasteiger partial charge in [0.2, 0.25) is 16.9 Å². The van der Waals surface area contributed by atoms with Crippen LogP contribution in [-0.4, -0.2) is 29.8 Å². The number of fused-ring (bicyclic) bond motifs is 1. The van der Waals surface area contributed by atoms with E-state index in [1.165, 1.54) is 11.8 Å². The van der Waals surface area contributed by atoms with Crippen LogP contribution >= 0.6 is 11.8 Å². The van der Waals surface area contributed by atoms with Crippen molar-refractivity contribution in [2.75, 3.05) is 0 Å². The number of rotatable bonds is 4. The van der Waals surface area contributed by atoms with Crippen molar-refractivity contribution < 1.29 is 4.42 Å². The van der Waals surface area contributed by atoms with Crippen LogP contribution in [0.25, 0.3) is 17.2 Å². The number of nitrogens with zero attached hydrogens (tertiary/aromatic N) is 6. The highest BCUT2D eigenvalue weighted by atomic mass is 32.2. The summed E-state index contributed by atoms with van der Waals surface area (Å²) in [6.07, 6.45) is 3.50. The predicted octanol–water partition coefficient (Wildman–Crippen LogP) is 3.03. The Kier molecular flexibility index (Phi) is 3.51. The molecular weight excluding hydrogens is 312 g/mol. The average molecular weight is 324 g/mol. The Balaban J connectivity index is 1.55. The summed E-state index contributed by atoms with van der Waals surface area (Å²) >= 11 is 1.45. The second kappa shape index (κ2) is 5.81. The van der Waals surface area contributed by atoms with Crippen LogP contribution in [0.5, 0.6) is 0 Å². The minimum atomic E-state index is -0.0580. The summed E-state index contributed by atoms with van der Waals surface area (Å²) in [4.78, 5) is 8.51. The molecule has 8 heteroatoms. The highest BCUT2D eigenvalue weighted by Crippen LogP contribution is 2.33. The van der Waals surface area contributed by atoms with Gasteiger partial charge >= 0.3 is 0 Å². The van der Waals surface area contributed by atoms with Crippen molar-refractivity contribution in [3.05, 3.63) is 54.7 Å². The van der Waals surface area contributed by atoms with E-state index < -0.39 is 0 Å². The minimum absolute atomic E-state index is 0.0580. The summed E-state index contributed by atoms with van der Waals surface area (Å²) in [5.74, 6) is 1.62. The van der Waals surface area contributed by atoms with E-state index in [0.717, 1.165) is 5.56 Å². The molecule has 0 fully saturated rings. The fraction of sp³-hybridized carbons (Fsp3) is 0.133. The molecule has 0 amide bonds. The smallest absolute Gasteiger partial charge is 0.253 e. The van der Waals surface area contributed by atoms with Gasteiger partial charge in [0.15, 0.2) is 0 Å². The van der Waals surface area contributed by atoms with Gasteiger partial charge in [-0.25, -0.2) is 9.50 Å². The molecule has 114 valence electrons. The molecule has 0 spiro atoms. The lowest BCUT2D eigenvalue weighted by molar-refractivity contribution is 0.509. The van der Waals surface area contributed by atoms with Gasteiger partial charge in [-0.1, -0.05) is 30.0 Å². The summed E-state index contributed by atoms with van der Waals surface area (Å²) in [7, 11) is 0. The standard InChI is InChI=1S/C15H12N6OS/c1-10(23-15-17-14-16-8-5-9-21(14)20-15)12-18-19-13(22-12)11-6-3-2-4-7-11/h2-10H,1H3/t10-/m1/s1. The summed E-state index contributed by atoms with van der Waals surface area (Å²) in [6, 6.07) is 11.5. The maximum Gasteiger partial charge on any atom is 0.253 e. The van der Waals surface area contributed by atoms with Gasteiger partial charge in [-0.15, -0.1) is 15.3 Å². The first kappa shape index (κ1) is 13.9. The fourth-order valence-electron chi connectivity index (χ4n) is 2.07. The molecule has 0 aliphatic carbocycles. The first-order valence-corrected chi connectivity index (χ1v) is 7.90. The lowest BCUT2D eigenvalue weighted by atomic mass is 10.2. The van der Waals surface area contributed by atoms with Crippen molar-refractivity contribution in [1.82, 2.24) is 29.8 Å².